The van der Waals surface area contributed by atoms with Gasteiger partial charge in [-0.05, 0) is 24.6 Å². The van der Waals surface area contributed by atoms with E-state index < -0.39 is 0 Å². The van der Waals surface area contributed by atoms with Gasteiger partial charge in [-0.2, -0.15) is 10.2 Å². The second-order valence-electron chi connectivity index (χ2n) is 6.28. The van der Waals surface area contributed by atoms with Gasteiger partial charge in [0.1, 0.15) is 12.7 Å². The Morgan fingerprint density at radius 3 is 2.81 bits per heavy atom. The van der Waals surface area contributed by atoms with Crippen LogP contribution in [-0.4, -0.2) is 42.4 Å². The monoisotopic (exact) mass is 367 g/mol. The Labute approximate surface area is 156 Å². The van der Waals surface area contributed by atoms with Gasteiger partial charge in [0.15, 0.2) is 0 Å². The van der Waals surface area contributed by atoms with Crippen molar-refractivity contribution >= 4 is 11.8 Å². The van der Waals surface area contributed by atoms with Crippen LogP contribution >= 0.6 is 0 Å². The van der Waals surface area contributed by atoms with Crippen LogP contribution in [0, 0.1) is 0 Å². The molecule has 0 saturated carbocycles. The molecule has 9 heteroatoms. The third kappa shape index (κ3) is 5.00. The molecule has 0 saturated heterocycles. The molecule has 0 bridgehead atoms. The number of carbonyl (C=O) groups is 2. The molecule has 0 spiro atoms. The number of hydrogen-bond donors (Lipinski definition) is 2. The number of nitrogens with zero attached hydrogens (tertiary/aromatic N) is 5. The highest BCUT2D eigenvalue weighted by Gasteiger charge is 2.12. The standard InChI is InChI=1S/C18H21N7O2/c1-13(9-25-12-20-11-22-25)23-18(27)15-4-2-3-14(7-15)16-8-21-24(10-16)6-5-17(19)26/h2-4,7-8,10-13H,5-6,9H2,1H3,(H2,19,26)(H,23,27)/t13-/m1/s1. The van der Waals surface area contributed by atoms with Gasteiger partial charge in [-0.15, -0.1) is 0 Å². The second kappa shape index (κ2) is 8.26. The van der Waals surface area contributed by atoms with Crippen molar-refractivity contribution in [3.63, 3.8) is 0 Å². The summed E-state index contributed by atoms with van der Waals surface area (Å²) in [6, 6.07) is 7.21. The molecule has 1 aromatic carbocycles. The molecule has 3 aromatic rings. The first-order valence-electron chi connectivity index (χ1n) is 8.56. The summed E-state index contributed by atoms with van der Waals surface area (Å²) in [5.41, 5.74) is 7.46. The van der Waals surface area contributed by atoms with E-state index in [1.807, 2.05) is 31.3 Å². The lowest BCUT2D eigenvalue weighted by Crippen LogP contribution is -2.35. The molecule has 2 heterocycles. The molecule has 3 rings (SSSR count). The Morgan fingerprint density at radius 1 is 1.22 bits per heavy atom. The highest BCUT2D eigenvalue weighted by molar-refractivity contribution is 5.95. The molecular formula is C18H21N7O2. The molecule has 0 radical (unpaired) electrons. The molecule has 0 fully saturated rings. The van der Waals surface area contributed by atoms with Crippen molar-refractivity contribution in [1.82, 2.24) is 29.9 Å². The van der Waals surface area contributed by atoms with Crippen LogP contribution in [0.25, 0.3) is 11.1 Å². The summed E-state index contributed by atoms with van der Waals surface area (Å²) in [6.45, 7) is 2.87. The molecule has 2 amide bonds. The summed E-state index contributed by atoms with van der Waals surface area (Å²) >= 11 is 0. The molecule has 2 aromatic heterocycles. The van der Waals surface area contributed by atoms with E-state index in [1.54, 1.807) is 28.0 Å². The van der Waals surface area contributed by atoms with Crippen LogP contribution < -0.4 is 11.1 Å². The fraction of sp³-hybridized carbons (Fsp3) is 0.278. The van der Waals surface area contributed by atoms with E-state index >= 15 is 0 Å². The predicted molar refractivity (Wildman–Crippen MR) is 98.4 cm³/mol. The van der Waals surface area contributed by atoms with E-state index in [9.17, 15) is 9.59 Å². The first-order valence-corrected chi connectivity index (χ1v) is 8.56. The van der Waals surface area contributed by atoms with E-state index in [0.29, 0.717) is 18.7 Å². The highest BCUT2D eigenvalue weighted by Crippen LogP contribution is 2.20. The Morgan fingerprint density at radius 2 is 2.07 bits per heavy atom. The molecule has 9 nitrogen and oxygen atoms in total. The molecule has 0 aliphatic carbocycles. The van der Waals surface area contributed by atoms with Crippen molar-refractivity contribution in [2.45, 2.75) is 32.5 Å². The molecular weight excluding hydrogens is 346 g/mol. The van der Waals surface area contributed by atoms with Crippen molar-refractivity contribution in [1.29, 1.82) is 0 Å². The van der Waals surface area contributed by atoms with Gasteiger partial charge >= 0.3 is 0 Å². The van der Waals surface area contributed by atoms with Gasteiger partial charge in [0.2, 0.25) is 5.91 Å². The van der Waals surface area contributed by atoms with Gasteiger partial charge in [-0.1, -0.05) is 12.1 Å². The Balaban J connectivity index is 1.66. The lowest BCUT2D eigenvalue weighted by Gasteiger charge is -2.14. The van der Waals surface area contributed by atoms with E-state index in [-0.39, 0.29) is 24.3 Å². The van der Waals surface area contributed by atoms with Crippen molar-refractivity contribution in [2.24, 2.45) is 5.73 Å². The number of nitrogens with two attached hydrogens (primary N) is 1. The zero-order valence-electron chi connectivity index (χ0n) is 14.9. The number of amides is 2. The Hall–Kier alpha value is -3.49. The van der Waals surface area contributed by atoms with Crippen LogP contribution in [0.1, 0.15) is 23.7 Å². The number of benzene rings is 1. The van der Waals surface area contributed by atoms with Crippen molar-refractivity contribution in [3.05, 3.63) is 54.9 Å². The summed E-state index contributed by atoms with van der Waals surface area (Å²) in [5, 5.41) is 11.2. The van der Waals surface area contributed by atoms with Crippen LogP contribution in [0.3, 0.4) is 0 Å². The quantitative estimate of drug-likeness (QED) is 0.611. The summed E-state index contributed by atoms with van der Waals surface area (Å²) in [7, 11) is 0. The third-order valence-corrected chi connectivity index (χ3v) is 3.98. The normalized spacial score (nSPS) is 11.9. The number of carbonyl (C=O) groups excluding carboxylic acids is 2. The lowest BCUT2D eigenvalue weighted by molar-refractivity contribution is -0.118. The number of aryl methyl sites for hydroxylation is 1. The average molecular weight is 367 g/mol. The summed E-state index contributed by atoms with van der Waals surface area (Å²) in [6.07, 6.45) is 6.83. The smallest absolute Gasteiger partial charge is 0.251 e. The Bertz CT molecular complexity index is 917. The van der Waals surface area contributed by atoms with Crippen LogP contribution in [0.4, 0.5) is 0 Å². The molecule has 27 heavy (non-hydrogen) atoms. The third-order valence-electron chi connectivity index (χ3n) is 3.98. The van der Waals surface area contributed by atoms with Gasteiger partial charge in [0, 0.05) is 36.3 Å². The maximum absolute atomic E-state index is 12.5. The molecule has 140 valence electrons. The maximum atomic E-state index is 12.5. The minimum absolute atomic E-state index is 0.0978. The van der Waals surface area contributed by atoms with Gasteiger partial charge in [0.05, 0.1) is 12.7 Å². The number of hydrogen-bond acceptors (Lipinski definition) is 5. The van der Waals surface area contributed by atoms with Crippen LogP contribution in [0.15, 0.2) is 49.3 Å². The number of rotatable bonds is 8. The van der Waals surface area contributed by atoms with Crippen molar-refractivity contribution < 1.29 is 9.59 Å². The second-order valence-corrected chi connectivity index (χ2v) is 6.28. The average Bonchev–Trinajstić information content (AvgIpc) is 3.31. The molecule has 0 aliphatic heterocycles. The van der Waals surface area contributed by atoms with Gasteiger partial charge in [0.25, 0.3) is 5.91 Å². The van der Waals surface area contributed by atoms with E-state index in [0.717, 1.165) is 11.1 Å². The zero-order valence-corrected chi connectivity index (χ0v) is 14.9. The predicted octanol–water partition coefficient (Wildman–Crippen LogP) is 0.835. The van der Waals surface area contributed by atoms with Gasteiger partial charge in [-0.25, -0.2) is 4.98 Å². The molecule has 0 aliphatic rings. The maximum Gasteiger partial charge on any atom is 0.251 e. The molecule has 0 unspecified atom stereocenters. The SMILES string of the molecule is C[C@H](Cn1cncn1)NC(=O)c1cccc(-c2cnn(CCC(N)=O)c2)c1. The van der Waals surface area contributed by atoms with Crippen LogP contribution in [-0.2, 0) is 17.9 Å². The lowest BCUT2D eigenvalue weighted by atomic mass is 10.1. The number of aromatic nitrogens is 5. The topological polar surface area (TPSA) is 121 Å². The summed E-state index contributed by atoms with van der Waals surface area (Å²) in [5.74, 6) is -0.531. The van der Waals surface area contributed by atoms with E-state index in [2.05, 4.69) is 20.5 Å². The molecule has 3 N–H and O–H groups in total. The number of primary amides is 1. The first-order chi connectivity index (χ1) is 13.0. The van der Waals surface area contributed by atoms with Crippen LogP contribution in [0.5, 0.6) is 0 Å². The van der Waals surface area contributed by atoms with Crippen molar-refractivity contribution in [3.8, 4) is 11.1 Å². The summed E-state index contributed by atoms with van der Waals surface area (Å²) in [4.78, 5) is 27.3. The summed E-state index contributed by atoms with van der Waals surface area (Å²) < 4.78 is 3.33. The van der Waals surface area contributed by atoms with E-state index in [1.165, 1.54) is 6.33 Å². The van der Waals surface area contributed by atoms with E-state index in [4.69, 9.17) is 5.73 Å². The zero-order chi connectivity index (χ0) is 19.2. The largest absolute Gasteiger partial charge is 0.370 e. The fourth-order valence-corrected chi connectivity index (χ4v) is 2.66. The Kier molecular flexibility index (Phi) is 5.60. The molecule has 1 atom stereocenters. The van der Waals surface area contributed by atoms with Gasteiger partial charge < -0.3 is 11.1 Å². The fourth-order valence-electron chi connectivity index (χ4n) is 2.66. The van der Waals surface area contributed by atoms with Crippen molar-refractivity contribution in [2.75, 3.05) is 0 Å². The minimum atomic E-state index is -0.370. The first kappa shape index (κ1) is 18.3. The highest BCUT2D eigenvalue weighted by atomic mass is 16.2. The minimum Gasteiger partial charge on any atom is -0.370 e. The van der Waals surface area contributed by atoms with Gasteiger partial charge in [-0.3, -0.25) is 19.0 Å². The number of nitrogens with one attached hydrogen (secondary N) is 1. The van der Waals surface area contributed by atoms with Crippen LogP contribution in [0.2, 0.25) is 0 Å².